The maximum Gasteiger partial charge on any atom is 0.170 e. The molecule has 0 fully saturated rings. The minimum atomic E-state index is -3.36. The van der Waals surface area contributed by atoms with Crippen LogP contribution < -0.4 is 17.2 Å². The molecule has 13 heavy (non-hydrogen) atoms. The van der Waals surface area contributed by atoms with Crippen LogP contribution in [0.1, 0.15) is 6.42 Å². The predicted octanol–water partition coefficient (Wildman–Crippen LogP) is -1.23. The average Bonchev–Trinajstić information content (AvgIpc) is 1.95. The fourth-order valence-corrected chi connectivity index (χ4v) is 1.78. The van der Waals surface area contributed by atoms with Gasteiger partial charge in [0.15, 0.2) is 9.84 Å². The van der Waals surface area contributed by atoms with Gasteiger partial charge in [0, 0.05) is 12.7 Å². The van der Waals surface area contributed by atoms with Gasteiger partial charge in [0.25, 0.3) is 0 Å². The second-order valence-corrected chi connectivity index (χ2v) is 5.49. The molecular weight excluding hydrogens is 190 g/mol. The van der Waals surface area contributed by atoms with Gasteiger partial charge in [-0.3, -0.25) is 0 Å². The molecular formula is C7H13N3O2S. The van der Waals surface area contributed by atoms with Gasteiger partial charge < -0.3 is 17.2 Å². The highest BCUT2D eigenvalue weighted by Crippen LogP contribution is 2.23. The summed E-state index contributed by atoms with van der Waals surface area (Å²) in [5.74, 6) is 0. The van der Waals surface area contributed by atoms with E-state index in [0.717, 1.165) is 6.26 Å². The maximum absolute atomic E-state index is 11.3. The summed E-state index contributed by atoms with van der Waals surface area (Å²) in [6.45, 7) is 0. The molecule has 0 saturated carbocycles. The van der Waals surface area contributed by atoms with Crippen molar-refractivity contribution in [1.82, 2.24) is 0 Å². The highest BCUT2D eigenvalue weighted by molar-refractivity contribution is 7.92. The summed E-state index contributed by atoms with van der Waals surface area (Å²) in [5.41, 5.74) is 17.2. The zero-order chi connectivity index (χ0) is 10.3. The Kier molecular flexibility index (Phi) is 2.13. The number of hydrogen-bond acceptors (Lipinski definition) is 5. The summed E-state index contributed by atoms with van der Waals surface area (Å²) < 4.78 is 22.5. The Labute approximate surface area is 77.2 Å². The monoisotopic (exact) mass is 203 g/mol. The summed E-state index contributed by atoms with van der Waals surface area (Å²) in [6.07, 6.45) is 4.05. The van der Waals surface area contributed by atoms with Crippen molar-refractivity contribution >= 4 is 9.84 Å². The first kappa shape index (κ1) is 10.1. The predicted molar refractivity (Wildman–Crippen MR) is 50.9 cm³/mol. The van der Waals surface area contributed by atoms with Crippen LogP contribution in [0.4, 0.5) is 0 Å². The van der Waals surface area contributed by atoms with E-state index >= 15 is 0 Å². The molecule has 0 amide bonds. The molecule has 74 valence electrons. The molecule has 6 N–H and O–H groups in total. The van der Waals surface area contributed by atoms with Crippen LogP contribution in [-0.2, 0) is 9.84 Å². The van der Waals surface area contributed by atoms with Crippen LogP contribution in [0.25, 0.3) is 0 Å². The van der Waals surface area contributed by atoms with Gasteiger partial charge in [0.05, 0.1) is 11.4 Å². The Balaban J connectivity index is 3.16. The Morgan fingerprint density at radius 2 is 1.92 bits per heavy atom. The molecule has 5 nitrogen and oxygen atoms in total. The van der Waals surface area contributed by atoms with Crippen molar-refractivity contribution in [1.29, 1.82) is 0 Å². The first-order valence-corrected chi connectivity index (χ1v) is 5.58. The standard InChI is InChI=1S/C7H13N3O2S/c1-13(11,12)7(10)3-2-5(8)6(9)4-7/h2,4H,3,8-10H2,1H3. The summed E-state index contributed by atoms with van der Waals surface area (Å²) in [4.78, 5) is -1.40. The fourth-order valence-electron chi connectivity index (χ4n) is 1.05. The third-order valence-electron chi connectivity index (χ3n) is 2.06. The molecule has 0 aromatic heterocycles. The van der Waals surface area contributed by atoms with Crippen LogP contribution in [0.15, 0.2) is 23.5 Å². The molecule has 1 atom stereocenters. The van der Waals surface area contributed by atoms with Crippen LogP contribution in [0.2, 0.25) is 0 Å². The normalized spacial score (nSPS) is 29.4. The molecule has 1 unspecified atom stereocenters. The molecule has 0 spiro atoms. The van der Waals surface area contributed by atoms with Crippen LogP contribution >= 0.6 is 0 Å². The van der Waals surface area contributed by atoms with E-state index in [1.165, 1.54) is 12.2 Å². The molecule has 0 aromatic carbocycles. The van der Waals surface area contributed by atoms with Crippen molar-refractivity contribution in [3.63, 3.8) is 0 Å². The quantitative estimate of drug-likeness (QED) is 0.494. The fraction of sp³-hybridized carbons (Fsp3) is 0.429. The molecule has 6 heteroatoms. The largest absolute Gasteiger partial charge is 0.397 e. The first-order chi connectivity index (χ1) is 5.76. The third-order valence-corrected chi connectivity index (χ3v) is 3.73. The lowest BCUT2D eigenvalue weighted by molar-refractivity contribution is 0.559. The average molecular weight is 203 g/mol. The molecule has 0 saturated heterocycles. The molecule has 0 bridgehead atoms. The van der Waals surface area contributed by atoms with Crippen molar-refractivity contribution in [2.45, 2.75) is 11.3 Å². The SMILES string of the molecule is CS(=O)(=O)C1(N)C=C(N)C(N)=CC1. The lowest BCUT2D eigenvalue weighted by Gasteiger charge is -2.26. The molecule has 0 aromatic rings. The number of sulfone groups is 1. The van der Waals surface area contributed by atoms with Gasteiger partial charge in [-0.05, 0) is 6.08 Å². The Morgan fingerprint density at radius 3 is 2.31 bits per heavy atom. The number of hydrogen-bond donors (Lipinski definition) is 3. The van der Waals surface area contributed by atoms with E-state index in [9.17, 15) is 8.42 Å². The highest BCUT2D eigenvalue weighted by atomic mass is 32.2. The minimum Gasteiger partial charge on any atom is -0.397 e. The molecule has 0 aliphatic heterocycles. The van der Waals surface area contributed by atoms with E-state index in [2.05, 4.69) is 0 Å². The zero-order valence-electron chi connectivity index (χ0n) is 7.32. The second-order valence-electron chi connectivity index (χ2n) is 3.19. The van der Waals surface area contributed by atoms with Gasteiger partial charge in [-0.15, -0.1) is 0 Å². The summed E-state index contributed by atoms with van der Waals surface area (Å²) in [6, 6.07) is 0. The van der Waals surface area contributed by atoms with Gasteiger partial charge in [0.2, 0.25) is 0 Å². The lowest BCUT2D eigenvalue weighted by Crippen LogP contribution is -2.47. The van der Waals surface area contributed by atoms with E-state index in [1.54, 1.807) is 0 Å². The van der Waals surface area contributed by atoms with Gasteiger partial charge in [0.1, 0.15) is 4.87 Å². The van der Waals surface area contributed by atoms with E-state index in [-0.39, 0.29) is 12.1 Å². The summed E-state index contributed by atoms with van der Waals surface area (Å²) >= 11 is 0. The Bertz CT molecular complexity index is 383. The van der Waals surface area contributed by atoms with Crippen molar-refractivity contribution in [2.75, 3.05) is 6.26 Å². The highest BCUT2D eigenvalue weighted by Gasteiger charge is 2.35. The lowest BCUT2D eigenvalue weighted by atomic mass is 10.1. The smallest absolute Gasteiger partial charge is 0.170 e. The van der Waals surface area contributed by atoms with E-state index < -0.39 is 14.7 Å². The minimum absolute atomic E-state index is 0.165. The van der Waals surface area contributed by atoms with E-state index in [0.29, 0.717) is 5.70 Å². The van der Waals surface area contributed by atoms with Crippen molar-refractivity contribution in [3.8, 4) is 0 Å². The Morgan fingerprint density at radius 1 is 1.38 bits per heavy atom. The van der Waals surface area contributed by atoms with Gasteiger partial charge in [-0.25, -0.2) is 8.42 Å². The van der Waals surface area contributed by atoms with Crippen LogP contribution in [0.3, 0.4) is 0 Å². The van der Waals surface area contributed by atoms with E-state index in [4.69, 9.17) is 17.2 Å². The molecule has 1 rings (SSSR count). The van der Waals surface area contributed by atoms with Crippen LogP contribution in [0.5, 0.6) is 0 Å². The van der Waals surface area contributed by atoms with E-state index in [1.807, 2.05) is 0 Å². The first-order valence-electron chi connectivity index (χ1n) is 3.69. The molecule has 0 heterocycles. The maximum atomic E-state index is 11.3. The molecule has 1 aliphatic carbocycles. The topological polar surface area (TPSA) is 112 Å². The van der Waals surface area contributed by atoms with Crippen LogP contribution in [0, 0.1) is 0 Å². The van der Waals surface area contributed by atoms with Crippen molar-refractivity contribution in [2.24, 2.45) is 17.2 Å². The zero-order valence-corrected chi connectivity index (χ0v) is 8.14. The van der Waals surface area contributed by atoms with Crippen molar-refractivity contribution < 1.29 is 8.42 Å². The summed E-state index contributed by atoms with van der Waals surface area (Å²) in [7, 11) is -3.36. The van der Waals surface area contributed by atoms with Gasteiger partial charge in [-0.2, -0.15) is 0 Å². The van der Waals surface area contributed by atoms with Crippen molar-refractivity contribution in [3.05, 3.63) is 23.5 Å². The summed E-state index contributed by atoms with van der Waals surface area (Å²) in [5, 5.41) is 0. The van der Waals surface area contributed by atoms with Gasteiger partial charge >= 0.3 is 0 Å². The van der Waals surface area contributed by atoms with Gasteiger partial charge in [-0.1, -0.05) is 6.08 Å². The molecule has 0 radical (unpaired) electrons. The Hall–Kier alpha value is -1.01. The number of nitrogens with two attached hydrogens (primary N) is 3. The number of rotatable bonds is 1. The van der Waals surface area contributed by atoms with Crippen LogP contribution in [-0.4, -0.2) is 19.5 Å². The second kappa shape index (κ2) is 2.74. The third kappa shape index (κ3) is 1.68. The molecule has 1 aliphatic rings.